The van der Waals surface area contributed by atoms with Crippen molar-refractivity contribution in [2.75, 3.05) is 13.2 Å². The molecule has 1 heterocycles. The van der Waals surface area contributed by atoms with Crippen LogP contribution in [0, 0.1) is 5.92 Å². The molecule has 19 heavy (non-hydrogen) atoms. The van der Waals surface area contributed by atoms with Gasteiger partial charge in [0.05, 0.1) is 0 Å². The van der Waals surface area contributed by atoms with Gasteiger partial charge in [-0.2, -0.15) is 0 Å². The van der Waals surface area contributed by atoms with Gasteiger partial charge in [-0.3, -0.25) is 9.13 Å². The summed E-state index contributed by atoms with van der Waals surface area (Å²) in [5.74, 6) is -0.381. The standard InChI is InChI=1S/C7H16O8P2.2Na.2H/c8-7(16(9,10)11,17(12,13)14)5-6-1-3-15-4-2-6;;;;/h6,8H,1-5H2,(H2,9,10,11)(H2,12,13,14);;;;. The number of ether oxygens (including phenoxy) is 1. The van der Waals surface area contributed by atoms with Crippen LogP contribution in [0.3, 0.4) is 0 Å². The molecular weight excluding hydrogens is 320 g/mol. The molecule has 8 nitrogen and oxygen atoms in total. The molecule has 0 bridgehead atoms. The fraction of sp³-hybridized carbons (Fsp3) is 1.00. The van der Waals surface area contributed by atoms with Gasteiger partial charge in [-0.1, -0.05) is 0 Å². The predicted molar refractivity (Wildman–Crippen MR) is 71.5 cm³/mol. The summed E-state index contributed by atoms with van der Waals surface area (Å²) in [6.07, 6.45) is 0.176. The average molecular weight is 338 g/mol. The summed E-state index contributed by atoms with van der Waals surface area (Å²) in [7, 11) is -10.6. The second-order valence-corrected chi connectivity index (χ2v) is 8.13. The quantitative estimate of drug-likeness (QED) is 0.308. The van der Waals surface area contributed by atoms with Gasteiger partial charge in [0.2, 0.25) is 0 Å². The Morgan fingerprint density at radius 2 is 1.37 bits per heavy atom. The van der Waals surface area contributed by atoms with Crippen molar-refractivity contribution in [1.82, 2.24) is 0 Å². The van der Waals surface area contributed by atoms with E-state index in [1.165, 1.54) is 0 Å². The summed E-state index contributed by atoms with van der Waals surface area (Å²) in [5, 5.41) is 6.38. The molecule has 0 aromatic carbocycles. The van der Waals surface area contributed by atoms with Gasteiger partial charge >= 0.3 is 74.3 Å². The average Bonchev–Trinajstić information content (AvgIpc) is 2.15. The van der Waals surface area contributed by atoms with E-state index in [0.29, 0.717) is 26.1 Å². The molecule has 106 valence electrons. The van der Waals surface area contributed by atoms with Crippen LogP contribution in [0.4, 0.5) is 0 Å². The van der Waals surface area contributed by atoms with Gasteiger partial charge < -0.3 is 29.4 Å². The Kier molecular flexibility index (Phi) is 10.8. The Bertz CT molecular complexity index is 338. The fourth-order valence-corrected chi connectivity index (χ4v) is 4.09. The Morgan fingerprint density at radius 1 is 1.00 bits per heavy atom. The van der Waals surface area contributed by atoms with Crippen LogP contribution in [0.25, 0.3) is 0 Å². The van der Waals surface area contributed by atoms with Crippen molar-refractivity contribution in [1.29, 1.82) is 0 Å². The summed E-state index contributed by atoms with van der Waals surface area (Å²) in [4.78, 5) is 35.8. The monoisotopic (exact) mass is 338 g/mol. The van der Waals surface area contributed by atoms with Gasteiger partial charge in [0.25, 0.3) is 5.08 Å². The molecule has 1 aliphatic rings. The van der Waals surface area contributed by atoms with Crippen LogP contribution in [-0.4, -0.2) is 102 Å². The third-order valence-corrected chi connectivity index (χ3v) is 6.63. The molecule has 0 aliphatic carbocycles. The van der Waals surface area contributed by atoms with Crippen molar-refractivity contribution in [3.8, 4) is 0 Å². The molecule has 1 saturated heterocycles. The molecule has 0 saturated carbocycles. The van der Waals surface area contributed by atoms with Crippen molar-refractivity contribution < 1.29 is 38.5 Å². The minimum atomic E-state index is -5.32. The Labute approximate surface area is 155 Å². The number of hydrogen-bond donors (Lipinski definition) is 5. The molecule has 1 fully saturated rings. The molecule has 0 aromatic rings. The van der Waals surface area contributed by atoms with Crippen LogP contribution in [0.15, 0.2) is 0 Å². The maximum absolute atomic E-state index is 11.1. The zero-order valence-corrected chi connectivity index (χ0v) is 10.8. The Hall–Kier alpha value is 2.22. The zero-order valence-electron chi connectivity index (χ0n) is 8.97. The van der Waals surface area contributed by atoms with Crippen LogP contribution in [-0.2, 0) is 13.9 Å². The molecule has 1 aliphatic heterocycles. The first-order valence-electron chi connectivity index (χ1n) is 4.99. The molecule has 5 N–H and O–H groups in total. The maximum atomic E-state index is 11.1. The van der Waals surface area contributed by atoms with Crippen molar-refractivity contribution in [3.63, 3.8) is 0 Å². The fourth-order valence-electron chi connectivity index (χ4n) is 1.75. The molecule has 1 rings (SSSR count). The van der Waals surface area contributed by atoms with Crippen molar-refractivity contribution in [3.05, 3.63) is 0 Å². The van der Waals surface area contributed by atoms with Gasteiger partial charge in [-0.25, -0.2) is 0 Å². The van der Waals surface area contributed by atoms with E-state index in [1.807, 2.05) is 0 Å². The van der Waals surface area contributed by atoms with Crippen molar-refractivity contribution in [2.45, 2.75) is 24.3 Å². The molecule has 0 aromatic heterocycles. The normalized spacial score (nSPS) is 18.4. The second-order valence-electron chi connectivity index (χ2n) is 4.12. The molecule has 0 amide bonds. The Balaban J connectivity index is 0. The molecule has 0 unspecified atom stereocenters. The van der Waals surface area contributed by atoms with Crippen molar-refractivity contribution in [2.24, 2.45) is 5.92 Å². The minimum absolute atomic E-state index is 0. The second kappa shape index (κ2) is 8.75. The van der Waals surface area contributed by atoms with Crippen LogP contribution in [0.1, 0.15) is 19.3 Å². The first kappa shape index (κ1) is 23.5. The van der Waals surface area contributed by atoms with Gasteiger partial charge in [-0.15, -0.1) is 0 Å². The first-order chi connectivity index (χ1) is 7.58. The Morgan fingerprint density at radius 3 is 1.68 bits per heavy atom. The van der Waals surface area contributed by atoms with Gasteiger partial charge in [0, 0.05) is 19.6 Å². The van der Waals surface area contributed by atoms with Crippen LogP contribution in [0.5, 0.6) is 0 Å². The summed E-state index contributed by atoms with van der Waals surface area (Å²) >= 11 is 0. The molecular formula is C7H18Na2O8P2. The molecule has 0 spiro atoms. The predicted octanol–water partition coefficient (Wildman–Crippen LogP) is -1.49. The summed E-state index contributed by atoms with van der Waals surface area (Å²) in [5.41, 5.74) is 0. The van der Waals surface area contributed by atoms with E-state index in [1.54, 1.807) is 0 Å². The molecule has 12 heteroatoms. The van der Waals surface area contributed by atoms with Gasteiger partial charge in [0.1, 0.15) is 0 Å². The summed E-state index contributed by atoms with van der Waals surface area (Å²) in [6, 6.07) is 0. The van der Waals surface area contributed by atoms with Crippen molar-refractivity contribution >= 4 is 74.3 Å². The number of aliphatic hydroxyl groups is 1. The van der Waals surface area contributed by atoms with Crippen LogP contribution < -0.4 is 0 Å². The van der Waals surface area contributed by atoms with E-state index in [0.717, 1.165) is 0 Å². The van der Waals surface area contributed by atoms with Gasteiger partial charge in [0.15, 0.2) is 0 Å². The third kappa shape index (κ3) is 6.08. The van der Waals surface area contributed by atoms with E-state index < -0.39 is 26.7 Å². The molecule has 0 atom stereocenters. The number of rotatable bonds is 4. The topological polar surface area (TPSA) is 145 Å². The van der Waals surface area contributed by atoms with Crippen LogP contribution >= 0.6 is 15.2 Å². The van der Waals surface area contributed by atoms with Crippen LogP contribution in [0.2, 0.25) is 0 Å². The SMILES string of the molecule is O=P(O)(O)C(O)(CC1CCOCC1)P(=O)(O)O.[NaH].[NaH]. The van der Waals surface area contributed by atoms with E-state index in [4.69, 9.17) is 24.3 Å². The molecule has 0 radical (unpaired) electrons. The first-order valence-corrected chi connectivity index (χ1v) is 8.22. The van der Waals surface area contributed by atoms with Gasteiger partial charge in [-0.05, 0) is 18.8 Å². The summed E-state index contributed by atoms with van der Waals surface area (Å²) < 4.78 is 27.2. The van der Waals surface area contributed by atoms with E-state index in [9.17, 15) is 14.2 Å². The third-order valence-electron chi connectivity index (χ3n) is 2.84. The zero-order chi connectivity index (χ0) is 13.3. The number of hydrogen-bond acceptors (Lipinski definition) is 4. The van der Waals surface area contributed by atoms with E-state index >= 15 is 0 Å². The van der Waals surface area contributed by atoms with E-state index in [-0.39, 0.29) is 65.0 Å². The summed E-state index contributed by atoms with van der Waals surface area (Å²) in [6.45, 7) is 0.701. The van der Waals surface area contributed by atoms with E-state index in [2.05, 4.69) is 0 Å².